The molecule has 4 heteroatoms. The number of fused-ring (bicyclic) bond motifs is 5. The second-order valence-electron chi connectivity index (χ2n) is 16.0. The molecule has 9 unspecified atom stereocenters. The number of rotatable bonds is 6. The molecule has 1 spiro atoms. The van der Waals surface area contributed by atoms with Crippen molar-refractivity contribution in [2.45, 2.75) is 131 Å². The fraction of sp³-hybridized carbons (Fsp3) is 1.00. The third-order valence-electron chi connectivity index (χ3n) is 10.4. The molecule has 1 saturated heterocycles. The summed E-state index contributed by atoms with van der Waals surface area (Å²) < 4.78 is 18.6. The van der Waals surface area contributed by atoms with E-state index >= 15 is 0 Å². The third kappa shape index (κ3) is 5.38. The molecule has 1 heterocycles. The summed E-state index contributed by atoms with van der Waals surface area (Å²) in [5.41, 5.74) is 1.14. The van der Waals surface area contributed by atoms with Crippen molar-refractivity contribution in [1.29, 1.82) is 0 Å². The van der Waals surface area contributed by atoms with Gasteiger partial charge in [0.05, 0.1) is 13.2 Å². The van der Waals surface area contributed by atoms with Crippen LogP contribution in [0.25, 0.3) is 0 Å². The minimum absolute atomic E-state index is 0.0377. The lowest BCUT2D eigenvalue weighted by atomic mass is 9.62. The van der Waals surface area contributed by atoms with Crippen molar-refractivity contribution in [2.24, 2.45) is 51.8 Å². The summed E-state index contributed by atoms with van der Waals surface area (Å²) in [6.45, 7) is 18.2. The Morgan fingerprint density at radius 1 is 1.00 bits per heavy atom. The Morgan fingerprint density at radius 3 is 2.37 bits per heavy atom. The van der Waals surface area contributed by atoms with Gasteiger partial charge >= 0.3 is 0 Å². The molecule has 4 saturated carbocycles. The summed E-state index contributed by atoms with van der Waals surface area (Å²) in [6.07, 6.45) is 11.4. The first-order valence-corrected chi connectivity index (χ1v) is 14.9. The van der Waals surface area contributed by atoms with Gasteiger partial charge in [0.25, 0.3) is 0 Å². The molecule has 0 radical (unpaired) electrons. The highest BCUT2D eigenvalue weighted by atomic mass is 16.8. The minimum atomic E-state index is -0.665. The molecule has 0 aromatic heterocycles. The first kappa shape index (κ1) is 26.4. The molecule has 4 aliphatic carbocycles. The van der Waals surface area contributed by atoms with Crippen LogP contribution in [0.15, 0.2) is 0 Å². The summed E-state index contributed by atoms with van der Waals surface area (Å²) >= 11 is 0. The highest BCUT2D eigenvalue weighted by molar-refractivity contribution is 5.13. The van der Waals surface area contributed by atoms with Crippen molar-refractivity contribution >= 4 is 0 Å². The molecule has 5 rings (SSSR count). The second kappa shape index (κ2) is 9.24. The van der Waals surface area contributed by atoms with E-state index in [-0.39, 0.29) is 17.8 Å². The van der Waals surface area contributed by atoms with Crippen molar-refractivity contribution in [2.75, 3.05) is 13.2 Å². The van der Waals surface area contributed by atoms with E-state index in [1.165, 1.54) is 44.9 Å². The second-order valence-corrected chi connectivity index (χ2v) is 16.0. The smallest absolute Gasteiger partial charge is 0.169 e. The van der Waals surface area contributed by atoms with E-state index in [1.807, 2.05) is 0 Å². The average molecular weight is 491 g/mol. The molecule has 9 atom stereocenters. The number of ether oxygens (including phenoxy) is 3. The number of aliphatic hydroxyl groups excluding tert-OH is 1. The Kier molecular flexibility index (Phi) is 6.98. The van der Waals surface area contributed by atoms with Crippen LogP contribution in [0.3, 0.4) is 0 Å². The van der Waals surface area contributed by atoms with Crippen LogP contribution in [0, 0.1) is 51.8 Å². The normalized spacial score (nSPS) is 43.7. The van der Waals surface area contributed by atoms with Crippen molar-refractivity contribution in [1.82, 2.24) is 0 Å². The van der Waals surface area contributed by atoms with Gasteiger partial charge < -0.3 is 19.3 Å². The van der Waals surface area contributed by atoms with Crippen molar-refractivity contribution in [3.8, 4) is 0 Å². The van der Waals surface area contributed by atoms with Gasteiger partial charge in [0, 0.05) is 18.8 Å². The van der Waals surface area contributed by atoms with Crippen LogP contribution in [-0.4, -0.2) is 36.5 Å². The zero-order chi connectivity index (χ0) is 25.2. The molecule has 2 bridgehead atoms. The largest absolute Gasteiger partial charge is 0.368 e. The lowest BCUT2D eigenvalue weighted by Gasteiger charge is -2.43. The minimum Gasteiger partial charge on any atom is -0.368 e. The zero-order valence-corrected chi connectivity index (χ0v) is 23.8. The topological polar surface area (TPSA) is 47.9 Å². The van der Waals surface area contributed by atoms with Gasteiger partial charge in [-0.3, -0.25) is 0 Å². The highest BCUT2D eigenvalue weighted by Gasteiger charge is 2.65. The zero-order valence-electron chi connectivity index (χ0n) is 23.8. The highest BCUT2D eigenvalue weighted by Crippen LogP contribution is 2.71. The maximum atomic E-state index is 11.3. The van der Waals surface area contributed by atoms with Gasteiger partial charge in [0.1, 0.15) is 6.10 Å². The lowest BCUT2D eigenvalue weighted by Crippen LogP contribution is -2.40. The van der Waals surface area contributed by atoms with Gasteiger partial charge in [-0.05, 0) is 90.8 Å². The molecule has 0 aromatic rings. The standard InChI is InChI=1S/C31H54O4/c1-28(2,3)15-21-16-30(7,19-29(4,5)6)26-20-13-23(25(21)26)24(14-20)27(32)33-17-22-18-34-31(35-22)11-9-8-10-12-31/h20-27,32H,8-19H2,1-7H3. The summed E-state index contributed by atoms with van der Waals surface area (Å²) in [6, 6.07) is 0. The van der Waals surface area contributed by atoms with Crippen molar-refractivity contribution in [3.63, 3.8) is 0 Å². The molecule has 4 nitrogen and oxygen atoms in total. The molecule has 35 heavy (non-hydrogen) atoms. The van der Waals surface area contributed by atoms with Crippen molar-refractivity contribution in [3.05, 3.63) is 0 Å². The van der Waals surface area contributed by atoms with E-state index in [0.717, 1.165) is 42.9 Å². The predicted octanol–water partition coefficient (Wildman–Crippen LogP) is 7.18. The van der Waals surface area contributed by atoms with Crippen LogP contribution in [0.5, 0.6) is 0 Å². The first-order valence-electron chi connectivity index (χ1n) is 14.9. The third-order valence-corrected chi connectivity index (χ3v) is 10.4. The van der Waals surface area contributed by atoms with E-state index in [0.29, 0.717) is 35.4 Å². The summed E-state index contributed by atoms with van der Waals surface area (Å²) in [5.74, 6) is 3.63. The van der Waals surface area contributed by atoms with Gasteiger partial charge in [-0.15, -0.1) is 0 Å². The molecular weight excluding hydrogens is 436 g/mol. The lowest BCUT2D eigenvalue weighted by molar-refractivity contribution is -0.207. The molecular formula is C31H54O4. The summed E-state index contributed by atoms with van der Waals surface area (Å²) in [4.78, 5) is 0. The van der Waals surface area contributed by atoms with Crippen LogP contribution in [0.1, 0.15) is 113 Å². The van der Waals surface area contributed by atoms with E-state index < -0.39 is 6.29 Å². The quantitative estimate of drug-likeness (QED) is 0.400. The number of hydrogen-bond donors (Lipinski definition) is 1. The predicted molar refractivity (Wildman–Crippen MR) is 140 cm³/mol. The fourth-order valence-corrected chi connectivity index (χ4v) is 10.1. The molecule has 0 amide bonds. The Hall–Kier alpha value is -0.160. The van der Waals surface area contributed by atoms with Crippen LogP contribution in [0.2, 0.25) is 0 Å². The van der Waals surface area contributed by atoms with E-state index in [1.54, 1.807) is 0 Å². The van der Waals surface area contributed by atoms with Crippen LogP contribution < -0.4 is 0 Å². The first-order chi connectivity index (χ1) is 16.3. The Bertz CT molecular complexity index is 744. The Balaban J connectivity index is 1.24. The van der Waals surface area contributed by atoms with Gasteiger partial charge in [-0.1, -0.05) is 54.9 Å². The van der Waals surface area contributed by atoms with E-state index in [4.69, 9.17) is 14.2 Å². The van der Waals surface area contributed by atoms with Crippen LogP contribution in [0.4, 0.5) is 0 Å². The molecule has 1 N–H and O–H groups in total. The molecule has 5 aliphatic rings. The molecule has 1 aliphatic heterocycles. The Labute approximate surface area is 215 Å². The Morgan fingerprint density at radius 2 is 1.71 bits per heavy atom. The molecule has 0 aromatic carbocycles. The molecule has 202 valence electrons. The van der Waals surface area contributed by atoms with Crippen LogP contribution >= 0.6 is 0 Å². The van der Waals surface area contributed by atoms with Crippen molar-refractivity contribution < 1.29 is 19.3 Å². The van der Waals surface area contributed by atoms with Gasteiger partial charge in [0.15, 0.2) is 12.1 Å². The molecule has 5 fully saturated rings. The fourth-order valence-electron chi connectivity index (χ4n) is 10.1. The van der Waals surface area contributed by atoms with Gasteiger partial charge in [0.2, 0.25) is 0 Å². The summed E-state index contributed by atoms with van der Waals surface area (Å²) in [5, 5.41) is 11.3. The average Bonchev–Trinajstić information content (AvgIpc) is 3.47. The number of aliphatic hydroxyl groups is 1. The monoisotopic (exact) mass is 490 g/mol. The van der Waals surface area contributed by atoms with Gasteiger partial charge in [-0.2, -0.15) is 0 Å². The van der Waals surface area contributed by atoms with E-state index in [9.17, 15) is 5.11 Å². The summed E-state index contributed by atoms with van der Waals surface area (Å²) in [7, 11) is 0. The van der Waals surface area contributed by atoms with E-state index in [2.05, 4.69) is 48.5 Å². The van der Waals surface area contributed by atoms with Gasteiger partial charge in [-0.25, -0.2) is 0 Å². The van der Waals surface area contributed by atoms with Crippen LogP contribution in [-0.2, 0) is 14.2 Å². The SMILES string of the molecule is CC(C)(C)CC1CC(C)(CC(C)(C)C)C2C3CC(C(O)OCC4COC5(CCCCC5)O4)C(C3)C12. The number of hydrogen-bond acceptors (Lipinski definition) is 4. The maximum Gasteiger partial charge on any atom is 0.169 e. The maximum absolute atomic E-state index is 11.3.